The SMILES string of the molecule is CSCCC(C(=O)OC(C)C)C(C)(C)O. The second kappa shape index (κ2) is 6.38. The zero-order valence-electron chi connectivity index (χ0n) is 10.2. The van der Waals surface area contributed by atoms with Gasteiger partial charge in [0.2, 0.25) is 0 Å². The van der Waals surface area contributed by atoms with E-state index in [4.69, 9.17) is 4.74 Å². The highest BCUT2D eigenvalue weighted by Gasteiger charge is 2.34. The Morgan fingerprint density at radius 2 is 2.00 bits per heavy atom. The van der Waals surface area contributed by atoms with E-state index in [1.54, 1.807) is 25.6 Å². The lowest BCUT2D eigenvalue weighted by atomic mass is 9.89. The molecule has 1 N–H and O–H groups in total. The zero-order chi connectivity index (χ0) is 12.1. The molecule has 0 amide bonds. The molecule has 0 aromatic heterocycles. The van der Waals surface area contributed by atoms with E-state index in [1.807, 2.05) is 20.1 Å². The number of esters is 1. The van der Waals surface area contributed by atoms with Crippen molar-refractivity contribution in [3.63, 3.8) is 0 Å². The van der Waals surface area contributed by atoms with Crippen LogP contribution in [0.15, 0.2) is 0 Å². The van der Waals surface area contributed by atoms with Crippen molar-refractivity contribution in [2.24, 2.45) is 5.92 Å². The summed E-state index contributed by atoms with van der Waals surface area (Å²) in [7, 11) is 0. The average molecular weight is 234 g/mol. The summed E-state index contributed by atoms with van der Waals surface area (Å²) in [5.74, 6) is 0.112. The first-order valence-electron chi connectivity index (χ1n) is 5.20. The summed E-state index contributed by atoms with van der Waals surface area (Å²) in [5.41, 5.74) is -1.01. The van der Waals surface area contributed by atoms with Gasteiger partial charge in [0.15, 0.2) is 0 Å². The third kappa shape index (κ3) is 6.05. The highest BCUT2D eigenvalue weighted by Crippen LogP contribution is 2.23. The summed E-state index contributed by atoms with van der Waals surface area (Å²) in [4.78, 5) is 11.7. The standard InChI is InChI=1S/C11H22O3S/c1-8(2)14-10(12)9(6-7-15-5)11(3,4)13/h8-9,13H,6-7H2,1-5H3. The molecule has 0 aliphatic carbocycles. The molecule has 0 rings (SSSR count). The second-order valence-electron chi connectivity index (χ2n) is 4.47. The summed E-state index contributed by atoms with van der Waals surface area (Å²) < 4.78 is 5.13. The lowest BCUT2D eigenvalue weighted by molar-refractivity contribution is -0.160. The Bertz CT molecular complexity index is 196. The maximum absolute atomic E-state index is 11.7. The number of carbonyl (C=O) groups excluding carboxylic acids is 1. The Labute approximate surface area is 96.6 Å². The number of aliphatic hydroxyl groups is 1. The summed E-state index contributed by atoms with van der Waals surface area (Å²) in [6.07, 6.45) is 2.50. The van der Waals surface area contributed by atoms with E-state index in [1.165, 1.54) is 0 Å². The van der Waals surface area contributed by atoms with Gasteiger partial charge >= 0.3 is 5.97 Å². The summed E-state index contributed by atoms with van der Waals surface area (Å²) in [6.45, 7) is 6.93. The smallest absolute Gasteiger partial charge is 0.312 e. The number of thioether (sulfide) groups is 1. The molecule has 4 heteroatoms. The molecule has 1 unspecified atom stereocenters. The normalized spacial score (nSPS) is 14.1. The largest absolute Gasteiger partial charge is 0.463 e. The van der Waals surface area contributed by atoms with Crippen molar-refractivity contribution in [3.8, 4) is 0 Å². The summed E-state index contributed by atoms with van der Waals surface area (Å²) in [6, 6.07) is 0. The lowest BCUT2D eigenvalue weighted by Gasteiger charge is -2.28. The van der Waals surface area contributed by atoms with E-state index >= 15 is 0 Å². The molecule has 0 bridgehead atoms. The van der Waals surface area contributed by atoms with Crippen LogP contribution in [0.2, 0.25) is 0 Å². The van der Waals surface area contributed by atoms with Gasteiger partial charge in [0.1, 0.15) is 0 Å². The van der Waals surface area contributed by atoms with Crippen LogP contribution in [-0.4, -0.2) is 34.8 Å². The van der Waals surface area contributed by atoms with Crippen LogP contribution in [0.25, 0.3) is 0 Å². The van der Waals surface area contributed by atoms with Crippen molar-refractivity contribution in [1.29, 1.82) is 0 Å². The van der Waals surface area contributed by atoms with Gasteiger partial charge in [0.05, 0.1) is 17.6 Å². The molecule has 0 heterocycles. The molecule has 0 aromatic carbocycles. The minimum atomic E-state index is -1.01. The first kappa shape index (κ1) is 14.8. The van der Waals surface area contributed by atoms with Gasteiger partial charge in [0, 0.05) is 0 Å². The molecule has 1 atom stereocenters. The van der Waals surface area contributed by atoms with Gasteiger partial charge in [0.25, 0.3) is 0 Å². The minimum absolute atomic E-state index is 0.128. The zero-order valence-corrected chi connectivity index (χ0v) is 11.1. The first-order chi connectivity index (χ1) is 6.79. The Morgan fingerprint density at radius 3 is 2.33 bits per heavy atom. The van der Waals surface area contributed by atoms with Gasteiger partial charge in [-0.25, -0.2) is 0 Å². The Balaban J connectivity index is 4.42. The van der Waals surface area contributed by atoms with Crippen molar-refractivity contribution >= 4 is 17.7 Å². The maximum atomic E-state index is 11.7. The van der Waals surface area contributed by atoms with Crippen molar-refractivity contribution in [2.75, 3.05) is 12.0 Å². The Morgan fingerprint density at radius 1 is 1.47 bits per heavy atom. The van der Waals surface area contributed by atoms with Crippen LogP contribution in [0.3, 0.4) is 0 Å². The van der Waals surface area contributed by atoms with Gasteiger partial charge < -0.3 is 9.84 Å². The highest BCUT2D eigenvalue weighted by molar-refractivity contribution is 7.98. The molecule has 0 aliphatic heterocycles. The fourth-order valence-electron chi connectivity index (χ4n) is 1.31. The van der Waals surface area contributed by atoms with Crippen molar-refractivity contribution in [2.45, 2.75) is 45.8 Å². The van der Waals surface area contributed by atoms with Crippen LogP contribution in [0.4, 0.5) is 0 Å². The molecule has 0 radical (unpaired) electrons. The molecule has 0 saturated heterocycles. The van der Waals surface area contributed by atoms with Crippen LogP contribution in [-0.2, 0) is 9.53 Å². The maximum Gasteiger partial charge on any atom is 0.312 e. The quantitative estimate of drug-likeness (QED) is 0.715. The molecule has 0 aromatic rings. The predicted molar refractivity (Wildman–Crippen MR) is 64.0 cm³/mol. The van der Waals surface area contributed by atoms with Crippen molar-refractivity contribution in [1.82, 2.24) is 0 Å². The number of carbonyl (C=O) groups is 1. The fraction of sp³-hybridized carbons (Fsp3) is 0.909. The topological polar surface area (TPSA) is 46.5 Å². The van der Waals surface area contributed by atoms with E-state index in [0.29, 0.717) is 6.42 Å². The summed E-state index contributed by atoms with van der Waals surface area (Å²) in [5, 5.41) is 9.88. The van der Waals surface area contributed by atoms with Crippen LogP contribution in [0.1, 0.15) is 34.1 Å². The van der Waals surface area contributed by atoms with Crippen molar-refractivity contribution < 1.29 is 14.6 Å². The van der Waals surface area contributed by atoms with Gasteiger partial charge in [-0.1, -0.05) is 0 Å². The molecular weight excluding hydrogens is 212 g/mol. The highest BCUT2D eigenvalue weighted by atomic mass is 32.2. The van der Waals surface area contributed by atoms with Crippen LogP contribution < -0.4 is 0 Å². The number of hydrogen-bond donors (Lipinski definition) is 1. The fourth-order valence-corrected chi connectivity index (χ4v) is 1.78. The van der Waals surface area contributed by atoms with E-state index < -0.39 is 11.5 Å². The minimum Gasteiger partial charge on any atom is -0.463 e. The molecule has 90 valence electrons. The van der Waals surface area contributed by atoms with E-state index in [0.717, 1.165) is 5.75 Å². The third-order valence-corrected chi connectivity index (χ3v) is 2.74. The summed E-state index contributed by atoms with van der Waals surface area (Å²) >= 11 is 1.66. The van der Waals surface area contributed by atoms with Gasteiger partial charge in [-0.15, -0.1) is 0 Å². The van der Waals surface area contributed by atoms with Gasteiger partial charge in [-0.05, 0) is 46.1 Å². The van der Waals surface area contributed by atoms with Gasteiger partial charge in [-0.2, -0.15) is 11.8 Å². The van der Waals surface area contributed by atoms with Crippen LogP contribution in [0, 0.1) is 5.92 Å². The Kier molecular flexibility index (Phi) is 6.29. The molecule has 3 nitrogen and oxygen atoms in total. The number of ether oxygens (including phenoxy) is 1. The number of hydrogen-bond acceptors (Lipinski definition) is 4. The lowest BCUT2D eigenvalue weighted by Crippen LogP contribution is -2.39. The molecule has 0 spiro atoms. The van der Waals surface area contributed by atoms with E-state index in [-0.39, 0.29) is 12.1 Å². The van der Waals surface area contributed by atoms with Crippen LogP contribution >= 0.6 is 11.8 Å². The molecule has 0 fully saturated rings. The molecule has 0 aliphatic rings. The second-order valence-corrected chi connectivity index (χ2v) is 5.46. The predicted octanol–water partition coefficient (Wildman–Crippen LogP) is 2.08. The van der Waals surface area contributed by atoms with Crippen molar-refractivity contribution in [3.05, 3.63) is 0 Å². The van der Waals surface area contributed by atoms with E-state index in [9.17, 15) is 9.90 Å². The van der Waals surface area contributed by atoms with Gasteiger partial charge in [-0.3, -0.25) is 4.79 Å². The third-order valence-electron chi connectivity index (χ3n) is 2.10. The number of rotatable bonds is 6. The Hall–Kier alpha value is -0.220. The first-order valence-corrected chi connectivity index (χ1v) is 6.60. The molecule has 0 saturated carbocycles. The monoisotopic (exact) mass is 234 g/mol. The van der Waals surface area contributed by atoms with Crippen LogP contribution in [0.5, 0.6) is 0 Å². The molecule has 15 heavy (non-hydrogen) atoms. The average Bonchev–Trinajstić information content (AvgIpc) is 2.00. The molecular formula is C11H22O3S. The van der Waals surface area contributed by atoms with E-state index in [2.05, 4.69) is 0 Å².